The third-order valence-corrected chi connectivity index (χ3v) is 4.24. The number of hydrogen-bond acceptors (Lipinski definition) is 5. The molecule has 0 bridgehead atoms. The molecule has 148 valence electrons. The van der Waals surface area contributed by atoms with Gasteiger partial charge in [-0.1, -0.05) is 51.1 Å². The third kappa shape index (κ3) is 5.71. The Labute approximate surface area is 165 Å². The lowest BCUT2D eigenvalue weighted by Gasteiger charge is -2.18. The molecular formula is C23H26O5. The van der Waals surface area contributed by atoms with Gasteiger partial charge in [0.05, 0.1) is 14.2 Å². The van der Waals surface area contributed by atoms with Crippen LogP contribution >= 0.6 is 0 Å². The minimum Gasteiger partial charge on any atom is -0.493 e. The monoisotopic (exact) mass is 382 g/mol. The normalized spacial score (nSPS) is 11.3. The van der Waals surface area contributed by atoms with Gasteiger partial charge in [0.25, 0.3) is 0 Å². The number of carbonyl (C=O) groups is 2. The fraction of sp³-hybridized carbons (Fsp3) is 0.304. The van der Waals surface area contributed by atoms with Gasteiger partial charge in [-0.15, -0.1) is 0 Å². The minimum atomic E-state index is -0.588. The van der Waals surface area contributed by atoms with E-state index in [2.05, 4.69) is 20.8 Å². The van der Waals surface area contributed by atoms with Crippen LogP contribution in [0.15, 0.2) is 48.5 Å². The van der Waals surface area contributed by atoms with Gasteiger partial charge >= 0.3 is 5.97 Å². The second-order valence-corrected chi connectivity index (χ2v) is 7.31. The Morgan fingerprint density at radius 1 is 0.929 bits per heavy atom. The Morgan fingerprint density at radius 3 is 2.14 bits per heavy atom. The average molecular weight is 382 g/mol. The molecule has 5 heteroatoms. The van der Waals surface area contributed by atoms with E-state index in [4.69, 9.17) is 14.2 Å². The molecule has 0 aliphatic rings. The molecule has 0 saturated heterocycles. The second-order valence-electron chi connectivity index (χ2n) is 7.31. The van der Waals surface area contributed by atoms with Crippen LogP contribution in [0.5, 0.6) is 11.5 Å². The molecule has 0 amide bonds. The SMILES string of the molecule is COc1ccc(/C=C/C(=O)OCC(=O)c2ccc(C(C)(C)C)cc2)cc1OC. The van der Waals surface area contributed by atoms with Gasteiger partial charge in [-0.2, -0.15) is 0 Å². The predicted octanol–water partition coefficient (Wildman–Crippen LogP) is 4.44. The maximum atomic E-state index is 12.2. The van der Waals surface area contributed by atoms with Crippen LogP contribution in [0.2, 0.25) is 0 Å². The van der Waals surface area contributed by atoms with Crippen LogP contribution in [0.4, 0.5) is 0 Å². The molecule has 2 aromatic rings. The molecule has 5 nitrogen and oxygen atoms in total. The topological polar surface area (TPSA) is 61.8 Å². The van der Waals surface area contributed by atoms with Crippen LogP contribution in [0.3, 0.4) is 0 Å². The van der Waals surface area contributed by atoms with Crippen molar-refractivity contribution < 1.29 is 23.8 Å². The first-order chi connectivity index (χ1) is 13.2. The smallest absolute Gasteiger partial charge is 0.331 e. The summed E-state index contributed by atoms with van der Waals surface area (Å²) in [5, 5.41) is 0. The van der Waals surface area contributed by atoms with Crippen LogP contribution in [0.25, 0.3) is 6.08 Å². The Balaban J connectivity index is 1.93. The van der Waals surface area contributed by atoms with Crippen molar-refractivity contribution >= 4 is 17.8 Å². The highest BCUT2D eigenvalue weighted by Crippen LogP contribution is 2.28. The van der Waals surface area contributed by atoms with E-state index in [-0.39, 0.29) is 17.8 Å². The van der Waals surface area contributed by atoms with Gasteiger partial charge in [-0.25, -0.2) is 4.79 Å². The van der Waals surface area contributed by atoms with Gasteiger partial charge in [0, 0.05) is 11.6 Å². The molecule has 0 aliphatic carbocycles. The summed E-state index contributed by atoms with van der Waals surface area (Å²) in [6, 6.07) is 12.6. The number of rotatable bonds is 7. The number of ether oxygens (including phenoxy) is 3. The number of esters is 1. The largest absolute Gasteiger partial charge is 0.493 e. The van der Waals surface area contributed by atoms with E-state index in [1.807, 2.05) is 12.1 Å². The minimum absolute atomic E-state index is 0.0168. The summed E-state index contributed by atoms with van der Waals surface area (Å²) >= 11 is 0. The first kappa shape index (κ1) is 21.2. The number of benzene rings is 2. The average Bonchev–Trinajstić information content (AvgIpc) is 2.69. The number of Topliss-reactive ketones (excluding diaryl/α,β-unsaturated/α-hetero) is 1. The van der Waals surface area contributed by atoms with Gasteiger partial charge in [0.2, 0.25) is 0 Å². The summed E-state index contributed by atoms with van der Waals surface area (Å²) in [6.07, 6.45) is 2.87. The second kappa shape index (κ2) is 9.22. The fourth-order valence-electron chi connectivity index (χ4n) is 2.54. The summed E-state index contributed by atoms with van der Waals surface area (Å²) in [7, 11) is 3.09. The van der Waals surface area contributed by atoms with Crippen molar-refractivity contribution in [3.8, 4) is 11.5 Å². The van der Waals surface area contributed by atoms with Crippen LogP contribution in [-0.2, 0) is 14.9 Å². The van der Waals surface area contributed by atoms with Gasteiger partial charge < -0.3 is 14.2 Å². The zero-order chi connectivity index (χ0) is 20.7. The molecule has 0 spiro atoms. The fourth-order valence-corrected chi connectivity index (χ4v) is 2.54. The van der Waals surface area contributed by atoms with Crippen molar-refractivity contribution in [2.75, 3.05) is 20.8 Å². The molecule has 0 radical (unpaired) electrons. The van der Waals surface area contributed by atoms with Crippen molar-refractivity contribution in [3.63, 3.8) is 0 Å². The van der Waals surface area contributed by atoms with Gasteiger partial charge in [-0.3, -0.25) is 4.79 Å². The molecule has 0 heterocycles. The van der Waals surface area contributed by atoms with Crippen LogP contribution < -0.4 is 9.47 Å². The number of carbonyl (C=O) groups excluding carboxylic acids is 2. The zero-order valence-electron chi connectivity index (χ0n) is 16.9. The lowest BCUT2D eigenvalue weighted by molar-refractivity contribution is -0.136. The summed E-state index contributed by atoms with van der Waals surface area (Å²) in [6.45, 7) is 6.02. The Morgan fingerprint density at radius 2 is 1.57 bits per heavy atom. The summed E-state index contributed by atoms with van der Waals surface area (Å²) < 4.78 is 15.4. The van der Waals surface area contributed by atoms with E-state index in [1.165, 1.54) is 6.08 Å². The van der Waals surface area contributed by atoms with Crippen molar-refractivity contribution in [3.05, 3.63) is 65.2 Å². The molecule has 0 unspecified atom stereocenters. The maximum absolute atomic E-state index is 12.2. The number of ketones is 1. The van der Waals surface area contributed by atoms with Crippen LogP contribution in [-0.4, -0.2) is 32.6 Å². The molecule has 28 heavy (non-hydrogen) atoms. The Bertz CT molecular complexity index is 858. The molecule has 0 fully saturated rings. The van der Waals surface area contributed by atoms with Gasteiger partial charge in [0.1, 0.15) is 0 Å². The first-order valence-electron chi connectivity index (χ1n) is 8.95. The lowest BCUT2D eigenvalue weighted by Crippen LogP contribution is -2.14. The molecule has 2 aromatic carbocycles. The molecule has 0 aliphatic heterocycles. The summed E-state index contributed by atoms with van der Waals surface area (Å²) in [5.41, 5.74) is 2.42. The number of methoxy groups -OCH3 is 2. The highest BCUT2D eigenvalue weighted by Gasteiger charge is 2.15. The highest BCUT2D eigenvalue weighted by molar-refractivity contribution is 5.99. The third-order valence-electron chi connectivity index (χ3n) is 4.24. The summed E-state index contributed by atoms with van der Waals surface area (Å²) in [4.78, 5) is 24.1. The molecule has 2 rings (SSSR count). The molecule has 0 atom stereocenters. The predicted molar refractivity (Wildman–Crippen MR) is 109 cm³/mol. The zero-order valence-corrected chi connectivity index (χ0v) is 16.9. The quantitative estimate of drug-likeness (QED) is 0.402. The van der Waals surface area contributed by atoms with E-state index in [0.717, 1.165) is 11.1 Å². The molecule has 0 N–H and O–H groups in total. The summed E-state index contributed by atoms with van der Waals surface area (Å²) in [5.74, 6) is 0.333. The van der Waals surface area contributed by atoms with E-state index in [1.54, 1.807) is 50.6 Å². The van der Waals surface area contributed by atoms with Crippen molar-refractivity contribution in [2.45, 2.75) is 26.2 Å². The molecule has 0 saturated carbocycles. The standard InChI is InChI=1S/C23H26O5/c1-23(2,3)18-10-8-17(9-11-18)19(24)15-28-22(25)13-7-16-6-12-20(26-4)21(14-16)27-5/h6-14H,15H2,1-5H3/b13-7+. The van der Waals surface area contributed by atoms with Crippen molar-refractivity contribution in [2.24, 2.45) is 0 Å². The van der Waals surface area contributed by atoms with E-state index in [0.29, 0.717) is 17.1 Å². The lowest BCUT2D eigenvalue weighted by atomic mass is 9.86. The molecular weight excluding hydrogens is 356 g/mol. The van der Waals surface area contributed by atoms with Crippen molar-refractivity contribution in [1.29, 1.82) is 0 Å². The Hall–Kier alpha value is -3.08. The highest BCUT2D eigenvalue weighted by atomic mass is 16.5. The first-order valence-corrected chi connectivity index (χ1v) is 8.95. The van der Waals surface area contributed by atoms with E-state index >= 15 is 0 Å². The Kier molecular flexibility index (Phi) is 6.99. The maximum Gasteiger partial charge on any atom is 0.331 e. The van der Waals surface area contributed by atoms with E-state index in [9.17, 15) is 9.59 Å². The van der Waals surface area contributed by atoms with Crippen LogP contribution in [0.1, 0.15) is 42.3 Å². The van der Waals surface area contributed by atoms with E-state index < -0.39 is 5.97 Å². The van der Waals surface area contributed by atoms with Gasteiger partial charge in [0.15, 0.2) is 23.9 Å². The molecule has 0 aromatic heterocycles. The van der Waals surface area contributed by atoms with Crippen LogP contribution in [0, 0.1) is 0 Å². The number of hydrogen-bond donors (Lipinski definition) is 0. The van der Waals surface area contributed by atoms with Gasteiger partial charge in [-0.05, 0) is 34.8 Å². The van der Waals surface area contributed by atoms with Crippen molar-refractivity contribution in [1.82, 2.24) is 0 Å².